The van der Waals surface area contributed by atoms with Crippen molar-refractivity contribution in [2.75, 3.05) is 14.2 Å². The molecule has 0 aliphatic heterocycles. The van der Waals surface area contributed by atoms with Crippen LogP contribution in [0.25, 0.3) is 0 Å². The molecule has 1 amide bonds. The van der Waals surface area contributed by atoms with Crippen LogP contribution in [0.1, 0.15) is 31.1 Å². The molecule has 0 atom stereocenters. The summed E-state index contributed by atoms with van der Waals surface area (Å²) in [5.74, 6) is 1.12. The van der Waals surface area contributed by atoms with E-state index in [2.05, 4.69) is 10.5 Å². The minimum atomic E-state index is -0.277. The van der Waals surface area contributed by atoms with Crippen molar-refractivity contribution in [3.8, 4) is 11.5 Å². The number of benzene rings is 1. The zero-order valence-electron chi connectivity index (χ0n) is 12.0. The number of hydrazone groups is 1. The lowest BCUT2D eigenvalue weighted by atomic mass is 10.1. The molecule has 0 unspecified atom stereocenters. The molecular weight excluding hydrogens is 244 g/mol. The highest BCUT2D eigenvalue weighted by atomic mass is 16.5. The summed E-state index contributed by atoms with van der Waals surface area (Å²) in [4.78, 5) is 11.9. The molecular formula is C14H20N2O3. The molecule has 1 rings (SSSR count). The van der Waals surface area contributed by atoms with Crippen molar-refractivity contribution in [3.05, 3.63) is 23.8 Å². The van der Waals surface area contributed by atoms with E-state index in [1.165, 1.54) is 7.11 Å². The predicted octanol–water partition coefficient (Wildman–Crippen LogP) is 2.47. The molecule has 0 saturated carbocycles. The second-order valence-corrected chi connectivity index (χ2v) is 4.42. The molecule has 104 valence electrons. The normalized spacial score (nSPS) is 11.4. The number of methoxy groups -OCH3 is 2. The first-order valence-electron chi connectivity index (χ1n) is 6.06. The van der Waals surface area contributed by atoms with Crippen LogP contribution in [0.15, 0.2) is 23.3 Å². The fourth-order valence-corrected chi connectivity index (χ4v) is 1.31. The van der Waals surface area contributed by atoms with E-state index in [0.717, 1.165) is 5.71 Å². The average Bonchev–Trinajstić information content (AvgIpc) is 2.43. The number of carbonyl (C=O) groups is 1. The summed E-state index contributed by atoms with van der Waals surface area (Å²) >= 11 is 0. The van der Waals surface area contributed by atoms with Gasteiger partial charge in [0, 0.05) is 11.3 Å². The first-order chi connectivity index (χ1) is 8.99. The van der Waals surface area contributed by atoms with E-state index in [1.807, 2.05) is 20.8 Å². The molecule has 0 fully saturated rings. The van der Waals surface area contributed by atoms with E-state index >= 15 is 0 Å². The van der Waals surface area contributed by atoms with Gasteiger partial charge >= 0.3 is 0 Å². The van der Waals surface area contributed by atoms with Crippen LogP contribution >= 0.6 is 0 Å². The second kappa shape index (κ2) is 6.78. The number of amides is 1. The highest BCUT2D eigenvalue weighted by molar-refractivity contribution is 5.96. The Morgan fingerprint density at radius 1 is 1.21 bits per heavy atom. The molecule has 19 heavy (non-hydrogen) atoms. The lowest BCUT2D eigenvalue weighted by molar-refractivity contribution is 0.0954. The smallest absolute Gasteiger partial charge is 0.271 e. The highest BCUT2D eigenvalue weighted by Crippen LogP contribution is 2.27. The van der Waals surface area contributed by atoms with Gasteiger partial charge in [-0.15, -0.1) is 0 Å². The molecule has 0 heterocycles. The molecule has 0 bridgehead atoms. The maximum atomic E-state index is 11.9. The lowest BCUT2D eigenvalue weighted by Gasteiger charge is -2.09. The lowest BCUT2D eigenvalue weighted by Crippen LogP contribution is -2.20. The van der Waals surface area contributed by atoms with Gasteiger partial charge in [-0.25, -0.2) is 5.43 Å². The number of nitrogens with one attached hydrogen (secondary N) is 1. The number of hydrogen-bond donors (Lipinski definition) is 1. The van der Waals surface area contributed by atoms with Crippen LogP contribution in [-0.2, 0) is 0 Å². The van der Waals surface area contributed by atoms with Gasteiger partial charge in [0.15, 0.2) is 11.5 Å². The van der Waals surface area contributed by atoms with Crippen molar-refractivity contribution in [1.29, 1.82) is 0 Å². The van der Waals surface area contributed by atoms with Gasteiger partial charge < -0.3 is 9.47 Å². The van der Waals surface area contributed by atoms with E-state index in [-0.39, 0.29) is 5.91 Å². The summed E-state index contributed by atoms with van der Waals surface area (Å²) < 4.78 is 10.3. The van der Waals surface area contributed by atoms with Crippen molar-refractivity contribution < 1.29 is 14.3 Å². The summed E-state index contributed by atoms with van der Waals surface area (Å²) in [7, 11) is 3.08. The molecule has 0 aliphatic carbocycles. The number of rotatable bonds is 5. The monoisotopic (exact) mass is 264 g/mol. The van der Waals surface area contributed by atoms with Crippen molar-refractivity contribution >= 4 is 11.6 Å². The third kappa shape index (κ3) is 3.98. The van der Waals surface area contributed by atoms with E-state index in [1.54, 1.807) is 25.3 Å². The van der Waals surface area contributed by atoms with Crippen molar-refractivity contribution in [1.82, 2.24) is 5.43 Å². The quantitative estimate of drug-likeness (QED) is 0.656. The summed E-state index contributed by atoms with van der Waals surface area (Å²) in [6.45, 7) is 5.91. The van der Waals surface area contributed by atoms with Crippen LogP contribution < -0.4 is 14.9 Å². The number of carbonyl (C=O) groups excluding carboxylic acids is 1. The number of hydrogen-bond acceptors (Lipinski definition) is 4. The Balaban J connectivity index is 2.86. The maximum absolute atomic E-state index is 11.9. The van der Waals surface area contributed by atoms with Crippen molar-refractivity contribution in [2.24, 2.45) is 11.0 Å². The Morgan fingerprint density at radius 2 is 1.84 bits per heavy atom. The molecule has 0 spiro atoms. The Bertz CT molecular complexity index is 482. The zero-order chi connectivity index (χ0) is 14.4. The van der Waals surface area contributed by atoms with Crippen LogP contribution in [0.5, 0.6) is 11.5 Å². The molecule has 1 aromatic rings. The molecule has 0 radical (unpaired) electrons. The van der Waals surface area contributed by atoms with E-state index in [4.69, 9.17) is 9.47 Å². The first-order valence-corrected chi connectivity index (χ1v) is 6.06. The third-order valence-electron chi connectivity index (χ3n) is 2.82. The predicted molar refractivity (Wildman–Crippen MR) is 75.0 cm³/mol. The van der Waals surface area contributed by atoms with Crippen molar-refractivity contribution in [2.45, 2.75) is 20.8 Å². The first kappa shape index (κ1) is 15.0. The average molecular weight is 264 g/mol. The Labute approximate surface area is 113 Å². The Morgan fingerprint density at radius 3 is 2.37 bits per heavy atom. The minimum absolute atomic E-state index is 0.277. The van der Waals surface area contributed by atoms with Gasteiger partial charge in [0.25, 0.3) is 5.91 Å². The van der Waals surface area contributed by atoms with Gasteiger partial charge in [0.1, 0.15) is 0 Å². The SMILES string of the molecule is COc1ccc(C(=O)NN=C(C)C(C)C)cc1OC. The summed E-state index contributed by atoms with van der Waals surface area (Å²) in [6.07, 6.45) is 0. The van der Waals surface area contributed by atoms with E-state index < -0.39 is 0 Å². The van der Waals surface area contributed by atoms with Crippen LogP contribution in [0.4, 0.5) is 0 Å². The van der Waals surface area contributed by atoms with Crippen LogP contribution in [-0.4, -0.2) is 25.8 Å². The molecule has 0 aromatic heterocycles. The molecule has 1 aromatic carbocycles. The summed E-state index contributed by atoms with van der Waals surface area (Å²) in [5.41, 5.74) is 3.86. The molecule has 0 saturated heterocycles. The molecule has 5 heteroatoms. The zero-order valence-corrected chi connectivity index (χ0v) is 12.0. The third-order valence-corrected chi connectivity index (χ3v) is 2.82. The standard InChI is InChI=1S/C14H20N2O3/c1-9(2)10(3)15-16-14(17)11-6-7-12(18-4)13(8-11)19-5/h6-9H,1-5H3,(H,16,17). The summed E-state index contributed by atoms with van der Waals surface area (Å²) in [6, 6.07) is 4.97. The van der Waals surface area contributed by atoms with Gasteiger partial charge in [0.2, 0.25) is 0 Å². The van der Waals surface area contributed by atoms with Crippen molar-refractivity contribution in [3.63, 3.8) is 0 Å². The van der Waals surface area contributed by atoms with Gasteiger partial charge in [-0.1, -0.05) is 13.8 Å². The largest absolute Gasteiger partial charge is 0.493 e. The van der Waals surface area contributed by atoms with Crippen LogP contribution in [0, 0.1) is 5.92 Å². The molecule has 1 N–H and O–H groups in total. The Kier molecular flexibility index (Phi) is 5.36. The van der Waals surface area contributed by atoms with E-state index in [0.29, 0.717) is 23.0 Å². The van der Waals surface area contributed by atoms with Crippen LogP contribution in [0.3, 0.4) is 0 Å². The number of nitrogens with zero attached hydrogens (tertiary/aromatic N) is 1. The highest BCUT2D eigenvalue weighted by Gasteiger charge is 2.10. The van der Waals surface area contributed by atoms with Gasteiger partial charge in [-0.3, -0.25) is 4.79 Å². The molecule has 0 aliphatic rings. The van der Waals surface area contributed by atoms with Crippen LogP contribution in [0.2, 0.25) is 0 Å². The summed E-state index contributed by atoms with van der Waals surface area (Å²) in [5, 5.41) is 4.04. The second-order valence-electron chi connectivity index (χ2n) is 4.42. The maximum Gasteiger partial charge on any atom is 0.271 e. The number of ether oxygens (including phenoxy) is 2. The molecule has 5 nitrogen and oxygen atoms in total. The topological polar surface area (TPSA) is 59.9 Å². The van der Waals surface area contributed by atoms with E-state index in [9.17, 15) is 4.79 Å². The van der Waals surface area contributed by atoms with Gasteiger partial charge in [0.05, 0.1) is 14.2 Å². The minimum Gasteiger partial charge on any atom is -0.493 e. The fraction of sp³-hybridized carbons (Fsp3) is 0.429. The Hall–Kier alpha value is -2.04. The van der Waals surface area contributed by atoms with Gasteiger partial charge in [-0.05, 0) is 31.0 Å². The van der Waals surface area contributed by atoms with Gasteiger partial charge in [-0.2, -0.15) is 5.10 Å². The fourth-order valence-electron chi connectivity index (χ4n) is 1.31.